The third-order valence-corrected chi connectivity index (χ3v) is 6.37. The van der Waals surface area contributed by atoms with Crippen LogP contribution in [0.2, 0.25) is 0 Å². The number of nitrogens with zero attached hydrogens (tertiary/aromatic N) is 4. The number of aromatic nitrogens is 3. The van der Waals surface area contributed by atoms with Crippen LogP contribution in [0.25, 0.3) is 22.3 Å². The number of ether oxygens (including phenoxy) is 2. The van der Waals surface area contributed by atoms with Crippen LogP contribution in [0.3, 0.4) is 0 Å². The first-order valence-corrected chi connectivity index (χ1v) is 11.8. The predicted molar refractivity (Wildman–Crippen MR) is 124 cm³/mol. The van der Waals surface area contributed by atoms with Gasteiger partial charge in [-0.25, -0.2) is 18.5 Å². The van der Waals surface area contributed by atoms with E-state index >= 15 is 0 Å². The molecular weight excluding hydrogens is 442 g/mol. The average Bonchev–Trinajstić information content (AvgIpc) is 2.82. The summed E-state index contributed by atoms with van der Waals surface area (Å²) in [5.41, 5.74) is 3.65. The van der Waals surface area contributed by atoms with Crippen molar-refractivity contribution in [3.05, 3.63) is 66.5 Å². The second-order valence-corrected chi connectivity index (χ2v) is 9.17. The summed E-state index contributed by atoms with van der Waals surface area (Å²) in [7, 11) is -1.96. The maximum Gasteiger partial charge on any atom is 0.238 e. The Balaban J connectivity index is 1.57. The predicted octanol–water partition coefficient (Wildman–Crippen LogP) is 2.75. The molecule has 0 aliphatic carbocycles. The van der Waals surface area contributed by atoms with Crippen molar-refractivity contribution < 1.29 is 17.9 Å². The summed E-state index contributed by atoms with van der Waals surface area (Å²) in [4.78, 5) is 15.2. The molecule has 2 aromatic carbocycles. The molecule has 1 aliphatic heterocycles. The van der Waals surface area contributed by atoms with E-state index < -0.39 is 10.0 Å². The van der Waals surface area contributed by atoms with Crippen molar-refractivity contribution in [3.8, 4) is 22.8 Å². The smallest absolute Gasteiger partial charge is 0.238 e. The number of primary sulfonamides is 1. The lowest BCUT2D eigenvalue weighted by Gasteiger charge is -2.28. The van der Waals surface area contributed by atoms with E-state index in [9.17, 15) is 8.42 Å². The van der Waals surface area contributed by atoms with E-state index in [-0.39, 0.29) is 17.4 Å². The number of anilines is 1. The molecule has 168 valence electrons. The molecule has 0 amide bonds. The Bertz CT molecular complexity index is 1460. The summed E-state index contributed by atoms with van der Waals surface area (Å²) in [5, 5.41) is 5.47. The summed E-state index contributed by atoms with van der Waals surface area (Å²) >= 11 is 0. The maximum atomic E-state index is 12.2. The van der Waals surface area contributed by atoms with E-state index in [4.69, 9.17) is 14.6 Å². The van der Waals surface area contributed by atoms with Crippen LogP contribution in [-0.2, 0) is 16.6 Å². The van der Waals surface area contributed by atoms with Crippen molar-refractivity contribution in [2.75, 3.05) is 25.1 Å². The van der Waals surface area contributed by atoms with E-state index in [1.165, 1.54) is 12.3 Å². The van der Waals surface area contributed by atoms with Gasteiger partial charge in [0, 0.05) is 30.6 Å². The fourth-order valence-corrected chi connectivity index (χ4v) is 4.52. The summed E-state index contributed by atoms with van der Waals surface area (Å²) in [6.07, 6.45) is 3.09. The van der Waals surface area contributed by atoms with E-state index in [1.807, 2.05) is 25.2 Å². The second kappa shape index (κ2) is 8.30. The highest BCUT2D eigenvalue weighted by molar-refractivity contribution is 7.89. The molecule has 0 spiro atoms. The molecular formula is C23H21N5O4S. The summed E-state index contributed by atoms with van der Waals surface area (Å²) < 4.78 is 36.2. The van der Waals surface area contributed by atoms with Gasteiger partial charge >= 0.3 is 0 Å². The molecule has 9 nitrogen and oxygen atoms in total. The largest absolute Gasteiger partial charge is 0.490 e. The van der Waals surface area contributed by atoms with Crippen molar-refractivity contribution in [3.63, 3.8) is 0 Å². The van der Waals surface area contributed by atoms with Gasteiger partial charge in [-0.1, -0.05) is 24.3 Å². The number of sulfonamides is 1. The molecule has 5 rings (SSSR count). The molecule has 0 bridgehead atoms. The Morgan fingerprint density at radius 3 is 2.76 bits per heavy atom. The Kier molecular flexibility index (Phi) is 5.31. The number of benzene rings is 2. The fourth-order valence-electron chi connectivity index (χ4n) is 3.76. The average molecular weight is 464 g/mol. The maximum absolute atomic E-state index is 12.2. The van der Waals surface area contributed by atoms with Gasteiger partial charge < -0.3 is 14.4 Å². The van der Waals surface area contributed by atoms with Gasteiger partial charge in [-0.15, -0.1) is 0 Å². The summed E-state index contributed by atoms with van der Waals surface area (Å²) in [5.74, 6) is 1.07. The van der Waals surface area contributed by atoms with E-state index in [0.717, 1.165) is 23.5 Å². The molecule has 2 aromatic heterocycles. The molecule has 33 heavy (non-hydrogen) atoms. The van der Waals surface area contributed by atoms with Crippen molar-refractivity contribution in [1.29, 1.82) is 0 Å². The van der Waals surface area contributed by atoms with Gasteiger partial charge in [-0.05, 0) is 29.8 Å². The molecule has 1 aliphatic rings. The fraction of sp³-hybridized carbons (Fsp3) is 0.174. The van der Waals surface area contributed by atoms with Gasteiger partial charge in [0.05, 0.1) is 17.1 Å². The first-order chi connectivity index (χ1) is 15.9. The third kappa shape index (κ3) is 4.18. The minimum Gasteiger partial charge on any atom is -0.490 e. The van der Waals surface area contributed by atoms with Crippen LogP contribution >= 0.6 is 0 Å². The van der Waals surface area contributed by atoms with Crippen LogP contribution in [0.4, 0.5) is 5.69 Å². The van der Waals surface area contributed by atoms with Gasteiger partial charge in [0.1, 0.15) is 24.5 Å². The zero-order valence-electron chi connectivity index (χ0n) is 17.8. The number of hydrogen-bond acceptors (Lipinski definition) is 8. The van der Waals surface area contributed by atoms with Crippen molar-refractivity contribution in [1.82, 2.24) is 15.0 Å². The molecule has 4 aromatic rings. The van der Waals surface area contributed by atoms with Crippen molar-refractivity contribution in [2.45, 2.75) is 11.5 Å². The lowest BCUT2D eigenvalue weighted by Crippen LogP contribution is -2.28. The molecule has 0 unspecified atom stereocenters. The van der Waals surface area contributed by atoms with Crippen LogP contribution in [0.5, 0.6) is 11.6 Å². The van der Waals surface area contributed by atoms with Crippen molar-refractivity contribution >= 4 is 26.9 Å². The van der Waals surface area contributed by atoms with E-state index in [1.54, 1.807) is 30.5 Å². The Morgan fingerprint density at radius 2 is 1.91 bits per heavy atom. The number of hydrogen-bond donors (Lipinski definition) is 1. The lowest BCUT2D eigenvalue weighted by atomic mass is 10.1. The summed E-state index contributed by atoms with van der Waals surface area (Å²) in [6.45, 7) is 1.66. The Labute approximate surface area is 190 Å². The highest BCUT2D eigenvalue weighted by Crippen LogP contribution is 2.36. The standard InChI is InChI=1S/C23H21N5O4S/c1-28-10-11-31-20-7-6-15(12-19(20)28)14-32-23-17(13-18-22(27-23)26-9-8-25-18)16-4-2-3-5-21(16)33(24,29)30/h2-9,12-13H,10-11,14H2,1H3,(H2,24,29,30). The molecule has 0 fully saturated rings. The molecule has 2 N–H and O–H groups in total. The van der Waals surface area contributed by atoms with Gasteiger partial charge in [-0.3, -0.25) is 4.98 Å². The quantitative estimate of drug-likeness (QED) is 0.480. The van der Waals surface area contributed by atoms with Crippen LogP contribution in [0, 0.1) is 0 Å². The Hall–Kier alpha value is -3.76. The van der Waals surface area contributed by atoms with E-state index in [2.05, 4.69) is 19.9 Å². The zero-order chi connectivity index (χ0) is 23.0. The molecule has 0 atom stereocenters. The monoisotopic (exact) mass is 463 g/mol. The topological polar surface area (TPSA) is 121 Å². The number of pyridine rings is 1. The van der Waals surface area contributed by atoms with Crippen LogP contribution in [0.1, 0.15) is 5.56 Å². The number of likely N-dealkylation sites (N-methyl/N-ethyl adjacent to an activating group) is 1. The number of rotatable bonds is 5. The normalized spacial score (nSPS) is 13.5. The van der Waals surface area contributed by atoms with Crippen LogP contribution < -0.4 is 19.5 Å². The first-order valence-electron chi connectivity index (χ1n) is 10.2. The first kappa shape index (κ1) is 21.1. The number of nitrogens with two attached hydrogens (primary N) is 1. The van der Waals surface area contributed by atoms with E-state index in [0.29, 0.717) is 28.9 Å². The SMILES string of the molecule is CN1CCOc2ccc(COc3nc4nccnc4cc3-c3ccccc3S(N)(=O)=O)cc21. The molecule has 3 heterocycles. The molecule has 0 radical (unpaired) electrons. The van der Waals surface area contributed by atoms with Gasteiger partial charge in [0.15, 0.2) is 5.65 Å². The number of fused-ring (bicyclic) bond motifs is 2. The highest BCUT2D eigenvalue weighted by atomic mass is 32.2. The molecule has 0 saturated carbocycles. The second-order valence-electron chi connectivity index (χ2n) is 7.64. The highest BCUT2D eigenvalue weighted by Gasteiger charge is 2.21. The Morgan fingerprint density at radius 1 is 1.09 bits per heavy atom. The minimum atomic E-state index is -3.97. The minimum absolute atomic E-state index is 0.0209. The van der Waals surface area contributed by atoms with Crippen LogP contribution in [0.15, 0.2) is 65.8 Å². The third-order valence-electron chi connectivity index (χ3n) is 5.40. The molecule has 10 heteroatoms. The lowest BCUT2D eigenvalue weighted by molar-refractivity contribution is 0.294. The zero-order valence-corrected chi connectivity index (χ0v) is 18.6. The van der Waals surface area contributed by atoms with Gasteiger partial charge in [0.25, 0.3) is 0 Å². The summed E-state index contributed by atoms with van der Waals surface area (Å²) in [6, 6.07) is 14.0. The van der Waals surface area contributed by atoms with Gasteiger partial charge in [-0.2, -0.15) is 4.98 Å². The van der Waals surface area contributed by atoms with Crippen LogP contribution in [-0.4, -0.2) is 43.6 Å². The van der Waals surface area contributed by atoms with Crippen molar-refractivity contribution in [2.24, 2.45) is 5.14 Å². The van der Waals surface area contributed by atoms with Gasteiger partial charge in [0.2, 0.25) is 15.9 Å². The molecule has 0 saturated heterocycles.